The number of halogens is 3. The van der Waals surface area contributed by atoms with Crippen molar-refractivity contribution in [1.82, 2.24) is 24.2 Å². The standard InChI is InChI=1S/C20H20F3N7O2S2/c1-11-9-30(34(31,32)17-8-25-10-27-17)4-3-15(11)28-19-26-7-14(20(21,22)23)18(29-19)16-5-13(6-24)12(2)33-16/h5,7-8,10-11,15H,3-4,9H2,1-2H3,(H,25,27)(H,26,28,29)/t11-,15+/m1/s1. The van der Waals surface area contributed by atoms with Crippen molar-refractivity contribution in [3.63, 3.8) is 0 Å². The molecule has 4 heterocycles. The number of imidazole rings is 1. The summed E-state index contributed by atoms with van der Waals surface area (Å²) in [7, 11) is -3.73. The minimum absolute atomic E-state index is 0.00743. The molecule has 14 heteroatoms. The van der Waals surface area contributed by atoms with Crippen LogP contribution in [0.5, 0.6) is 0 Å². The van der Waals surface area contributed by atoms with Gasteiger partial charge in [0.05, 0.1) is 22.5 Å². The Labute approximate surface area is 197 Å². The van der Waals surface area contributed by atoms with Gasteiger partial charge in [0.25, 0.3) is 10.0 Å². The second-order valence-electron chi connectivity index (χ2n) is 7.93. The van der Waals surface area contributed by atoms with E-state index in [-0.39, 0.29) is 46.6 Å². The third-order valence-corrected chi connectivity index (χ3v) is 8.45. The molecule has 0 unspecified atom stereocenters. The Bertz CT molecular complexity index is 1330. The van der Waals surface area contributed by atoms with Crippen molar-refractivity contribution in [3.05, 3.63) is 40.8 Å². The molecule has 1 saturated heterocycles. The molecule has 2 N–H and O–H groups in total. The maximum atomic E-state index is 13.6. The van der Waals surface area contributed by atoms with Gasteiger partial charge in [-0.15, -0.1) is 11.3 Å². The molecule has 2 atom stereocenters. The van der Waals surface area contributed by atoms with Crippen molar-refractivity contribution in [1.29, 1.82) is 5.26 Å². The van der Waals surface area contributed by atoms with Crippen LogP contribution in [-0.4, -0.2) is 51.8 Å². The molecule has 0 bridgehead atoms. The largest absolute Gasteiger partial charge is 0.420 e. The smallest absolute Gasteiger partial charge is 0.351 e. The van der Waals surface area contributed by atoms with E-state index in [1.807, 2.05) is 13.0 Å². The minimum Gasteiger partial charge on any atom is -0.351 e. The molecule has 0 amide bonds. The number of H-pyrrole nitrogens is 1. The molecule has 0 aromatic carbocycles. The summed E-state index contributed by atoms with van der Waals surface area (Å²) in [6.45, 7) is 3.92. The molecule has 180 valence electrons. The Morgan fingerprint density at radius 1 is 1.35 bits per heavy atom. The lowest BCUT2D eigenvalue weighted by molar-refractivity contribution is -0.137. The summed E-state index contributed by atoms with van der Waals surface area (Å²) in [5, 5.41) is 12.2. The van der Waals surface area contributed by atoms with Crippen molar-refractivity contribution >= 4 is 27.3 Å². The van der Waals surface area contributed by atoms with Crippen molar-refractivity contribution in [2.45, 2.75) is 37.5 Å². The SMILES string of the molecule is Cc1sc(-c2nc(N[C@H]3CCN(S(=O)(=O)c4c[nH]cn4)C[C@H]3C)ncc2C(F)(F)F)cc1C#N. The van der Waals surface area contributed by atoms with Gasteiger partial charge >= 0.3 is 6.18 Å². The van der Waals surface area contributed by atoms with Gasteiger partial charge in [-0.2, -0.15) is 22.7 Å². The van der Waals surface area contributed by atoms with Gasteiger partial charge in [-0.3, -0.25) is 0 Å². The molecule has 1 aliphatic heterocycles. The third-order valence-electron chi connectivity index (χ3n) is 5.63. The van der Waals surface area contributed by atoms with Crippen LogP contribution in [0.25, 0.3) is 10.6 Å². The number of aromatic nitrogens is 4. The van der Waals surface area contributed by atoms with Crippen LogP contribution in [0.4, 0.5) is 19.1 Å². The number of alkyl halides is 3. The molecule has 0 radical (unpaired) electrons. The predicted octanol–water partition coefficient (Wildman–Crippen LogP) is 3.64. The number of aromatic amines is 1. The van der Waals surface area contributed by atoms with E-state index in [1.54, 1.807) is 6.92 Å². The number of thiophene rings is 1. The minimum atomic E-state index is -4.67. The zero-order valence-electron chi connectivity index (χ0n) is 18.1. The first-order valence-electron chi connectivity index (χ1n) is 10.2. The average molecular weight is 512 g/mol. The zero-order chi connectivity index (χ0) is 24.7. The van der Waals surface area contributed by atoms with Gasteiger partial charge in [0, 0.05) is 36.4 Å². The number of hydrogen-bond donors (Lipinski definition) is 2. The maximum Gasteiger partial charge on any atom is 0.420 e. The molecular weight excluding hydrogens is 491 g/mol. The normalized spacial score (nSPS) is 19.6. The van der Waals surface area contributed by atoms with Gasteiger partial charge in [0.2, 0.25) is 5.95 Å². The van der Waals surface area contributed by atoms with E-state index >= 15 is 0 Å². The van der Waals surface area contributed by atoms with Crippen LogP contribution >= 0.6 is 11.3 Å². The Kier molecular flexibility index (Phi) is 6.36. The van der Waals surface area contributed by atoms with Crippen molar-refractivity contribution in [2.24, 2.45) is 5.92 Å². The third kappa shape index (κ3) is 4.63. The second-order valence-corrected chi connectivity index (χ2v) is 11.1. The molecular formula is C20H20F3N7O2S2. The molecule has 3 aromatic heterocycles. The Balaban J connectivity index is 1.57. The first-order chi connectivity index (χ1) is 16.0. The number of piperidine rings is 1. The number of hydrogen-bond acceptors (Lipinski definition) is 8. The lowest BCUT2D eigenvalue weighted by Gasteiger charge is -2.36. The van der Waals surface area contributed by atoms with E-state index < -0.39 is 21.8 Å². The molecule has 4 rings (SSSR count). The second kappa shape index (κ2) is 8.97. The highest BCUT2D eigenvalue weighted by atomic mass is 32.2. The van der Waals surface area contributed by atoms with E-state index in [2.05, 4.69) is 25.3 Å². The van der Waals surface area contributed by atoms with E-state index in [9.17, 15) is 26.9 Å². The summed E-state index contributed by atoms with van der Waals surface area (Å²) >= 11 is 1.06. The highest BCUT2D eigenvalue weighted by molar-refractivity contribution is 7.89. The number of anilines is 1. The Morgan fingerprint density at radius 3 is 2.71 bits per heavy atom. The highest BCUT2D eigenvalue weighted by Gasteiger charge is 2.37. The van der Waals surface area contributed by atoms with Gasteiger partial charge < -0.3 is 10.3 Å². The van der Waals surface area contributed by atoms with E-state index in [1.165, 1.54) is 22.9 Å². The number of nitrogens with zero attached hydrogens (tertiary/aromatic N) is 5. The summed E-state index contributed by atoms with van der Waals surface area (Å²) in [5.74, 6) is -0.168. The molecule has 3 aromatic rings. The molecule has 0 spiro atoms. The number of sulfonamides is 1. The lowest BCUT2D eigenvalue weighted by Crippen LogP contribution is -2.47. The maximum absolute atomic E-state index is 13.6. The van der Waals surface area contributed by atoms with Crippen molar-refractivity contribution < 1.29 is 21.6 Å². The number of aryl methyl sites for hydroxylation is 1. The Hall–Kier alpha value is -3.02. The van der Waals surface area contributed by atoms with E-state index in [0.717, 1.165) is 17.5 Å². The fourth-order valence-electron chi connectivity index (χ4n) is 3.78. The predicted molar refractivity (Wildman–Crippen MR) is 118 cm³/mol. The molecule has 34 heavy (non-hydrogen) atoms. The van der Waals surface area contributed by atoms with Gasteiger partial charge in [-0.05, 0) is 25.3 Å². The van der Waals surface area contributed by atoms with Crippen LogP contribution in [0.2, 0.25) is 0 Å². The van der Waals surface area contributed by atoms with Crippen LogP contribution in [0.1, 0.15) is 29.3 Å². The first kappa shape index (κ1) is 24.1. The van der Waals surface area contributed by atoms with Crippen LogP contribution in [-0.2, 0) is 16.2 Å². The van der Waals surface area contributed by atoms with Gasteiger partial charge in [0.1, 0.15) is 11.6 Å². The van der Waals surface area contributed by atoms with Crippen molar-refractivity contribution in [2.75, 3.05) is 18.4 Å². The highest BCUT2D eigenvalue weighted by Crippen LogP contribution is 2.39. The quantitative estimate of drug-likeness (QED) is 0.535. The number of rotatable bonds is 5. The molecule has 0 saturated carbocycles. The number of nitrogens with one attached hydrogen (secondary N) is 2. The first-order valence-corrected chi connectivity index (χ1v) is 12.5. The van der Waals surface area contributed by atoms with Crippen molar-refractivity contribution in [3.8, 4) is 16.6 Å². The molecule has 9 nitrogen and oxygen atoms in total. The monoisotopic (exact) mass is 511 g/mol. The topological polar surface area (TPSA) is 128 Å². The average Bonchev–Trinajstić information content (AvgIpc) is 3.44. The number of nitriles is 1. The fraction of sp³-hybridized carbons (Fsp3) is 0.400. The fourth-order valence-corrected chi connectivity index (χ4v) is 6.20. The van der Waals surface area contributed by atoms with Crippen LogP contribution in [0, 0.1) is 24.2 Å². The Morgan fingerprint density at radius 2 is 2.12 bits per heavy atom. The summed E-state index contributed by atoms with van der Waals surface area (Å²) < 4.78 is 67.6. The molecule has 1 fully saturated rings. The summed E-state index contributed by atoms with van der Waals surface area (Å²) in [5.41, 5.74) is -0.997. The molecule has 0 aliphatic carbocycles. The van der Waals surface area contributed by atoms with Gasteiger partial charge in [0.15, 0.2) is 5.03 Å². The lowest BCUT2D eigenvalue weighted by atomic mass is 9.95. The van der Waals surface area contributed by atoms with Gasteiger partial charge in [-0.1, -0.05) is 6.92 Å². The van der Waals surface area contributed by atoms with Crippen LogP contribution in [0.15, 0.2) is 29.8 Å². The van der Waals surface area contributed by atoms with Crippen LogP contribution < -0.4 is 5.32 Å². The van der Waals surface area contributed by atoms with E-state index in [0.29, 0.717) is 16.9 Å². The zero-order valence-corrected chi connectivity index (χ0v) is 19.7. The summed E-state index contributed by atoms with van der Waals surface area (Å²) in [4.78, 5) is 15.3. The van der Waals surface area contributed by atoms with Crippen LogP contribution in [0.3, 0.4) is 0 Å². The summed E-state index contributed by atoms with van der Waals surface area (Å²) in [6, 6.07) is 3.10. The van der Waals surface area contributed by atoms with E-state index in [4.69, 9.17) is 0 Å². The molecule has 1 aliphatic rings. The van der Waals surface area contributed by atoms with Gasteiger partial charge in [-0.25, -0.2) is 23.4 Å². The summed E-state index contributed by atoms with van der Waals surface area (Å²) in [6.07, 6.45) is -0.933.